The van der Waals surface area contributed by atoms with E-state index in [-0.39, 0.29) is 5.91 Å². The first-order chi connectivity index (χ1) is 14.7. The highest BCUT2D eigenvalue weighted by atomic mass is 16.5. The zero-order chi connectivity index (χ0) is 20.5. The number of hydrogen-bond donors (Lipinski definition) is 1. The number of nitrogens with zero attached hydrogens (tertiary/aromatic N) is 2. The minimum Gasteiger partial charge on any atom is -0.361 e. The van der Waals surface area contributed by atoms with Crippen LogP contribution in [0.15, 0.2) is 53.1 Å². The Labute approximate surface area is 177 Å². The van der Waals surface area contributed by atoms with Crippen LogP contribution in [0.5, 0.6) is 0 Å². The van der Waals surface area contributed by atoms with Crippen molar-refractivity contribution in [2.75, 3.05) is 19.6 Å². The number of benzene rings is 2. The first kappa shape index (κ1) is 19.1. The first-order valence-electron chi connectivity index (χ1n) is 10.8. The van der Waals surface area contributed by atoms with Crippen LogP contribution in [0.1, 0.15) is 45.8 Å². The molecule has 1 amide bonds. The second kappa shape index (κ2) is 8.07. The molecule has 1 aromatic heterocycles. The maximum absolute atomic E-state index is 12.2. The largest absolute Gasteiger partial charge is 0.361 e. The molecule has 0 spiro atoms. The summed E-state index contributed by atoms with van der Waals surface area (Å²) < 4.78 is 4.99. The van der Waals surface area contributed by atoms with Crippen LogP contribution in [-0.4, -0.2) is 35.6 Å². The van der Waals surface area contributed by atoms with Gasteiger partial charge in [0.25, 0.3) is 5.91 Å². The lowest BCUT2D eigenvalue weighted by Gasteiger charge is -2.33. The molecule has 5 rings (SSSR count). The minimum absolute atomic E-state index is 0.151. The topological polar surface area (TPSA) is 58.4 Å². The zero-order valence-electron chi connectivity index (χ0n) is 17.4. The van der Waals surface area contributed by atoms with Crippen LogP contribution in [0.2, 0.25) is 0 Å². The molecule has 30 heavy (non-hydrogen) atoms. The Morgan fingerprint density at radius 3 is 2.90 bits per heavy atom. The number of carbonyl (C=O) groups is 1. The third-order valence-electron chi connectivity index (χ3n) is 6.28. The van der Waals surface area contributed by atoms with Crippen molar-refractivity contribution in [2.24, 2.45) is 5.92 Å². The lowest BCUT2D eigenvalue weighted by Crippen LogP contribution is -2.40. The predicted molar refractivity (Wildman–Crippen MR) is 116 cm³/mol. The summed E-state index contributed by atoms with van der Waals surface area (Å²) in [6.07, 6.45) is 3.35. The van der Waals surface area contributed by atoms with E-state index < -0.39 is 0 Å². The number of fused-ring (bicyclic) bond motifs is 3. The normalized spacial score (nSPS) is 18.1. The van der Waals surface area contributed by atoms with Gasteiger partial charge < -0.3 is 9.84 Å². The number of amides is 1. The van der Waals surface area contributed by atoms with E-state index in [1.54, 1.807) is 13.0 Å². The van der Waals surface area contributed by atoms with Crippen LogP contribution < -0.4 is 5.32 Å². The molecule has 1 N–H and O–H groups in total. The van der Waals surface area contributed by atoms with Gasteiger partial charge in [-0.3, -0.25) is 9.69 Å². The molecule has 0 bridgehead atoms. The molecule has 2 aliphatic rings. The van der Waals surface area contributed by atoms with Crippen LogP contribution in [0.25, 0.3) is 11.1 Å². The highest BCUT2D eigenvalue weighted by molar-refractivity contribution is 5.92. The van der Waals surface area contributed by atoms with E-state index in [2.05, 4.69) is 57.8 Å². The summed E-state index contributed by atoms with van der Waals surface area (Å²) in [6.45, 7) is 5.57. The van der Waals surface area contributed by atoms with Crippen LogP contribution in [-0.2, 0) is 13.0 Å². The Morgan fingerprint density at radius 2 is 2.03 bits per heavy atom. The third-order valence-corrected chi connectivity index (χ3v) is 6.28. The Morgan fingerprint density at radius 1 is 1.17 bits per heavy atom. The molecule has 1 fully saturated rings. The van der Waals surface area contributed by atoms with Crippen LogP contribution in [0.3, 0.4) is 0 Å². The maximum atomic E-state index is 12.2. The summed E-state index contributed by atoms with van der Waals surface area (Å²) in [5.74, 6) is 0.970. The monoisotopic (exact) mass is 401 g/mol. The van der Waals surface area contributed by atoms with E-state index in [1.165, 1.54) is 34.2 Å². The van der Waals surface area contributed by atoms with Crippen LogP contribution >= 0.6 is 0 Å². The van der Waals surface area contributed by atoms with Crippen LogP contribution in [0, 0.1) is 12.8 Å². The van der Waals surface area contributed by atoms with Crippen molar-refractivity contribution in [1.29, 1.82) is 0 Å². The number of piperidine rings is 1. The molecular formula is C25H27N3O2. The quantitative estimate of drug-likeness (QED) is 0.545. The molecule has 3 aromatic rings. The molecule has 2 aromatic carbocycles. The molecule has 1 aliphatic heterocycles. The highest BCUT2D eigenvalue weighted by Gasteiger charge is 2.23. The fraction of sp³-hybridized carbons (Fsp3) is 0.360. The molecule has 1 saturated heterocycles. The van der Waals surface area contributed by atoms with E-state index in [0.29, 0.717) is 23.9 Å². The number of hydrogen-bond acceptors (Lipinski definition) is 4. The van der Waals surface area contributed by atoms with Gasteiger partial charge in [-0.05, 0) is 66.5 Å². The van der Waals surface area contributed by atoms with Gasteiger partial charge in [-0.2, -0.15) is 0 Å². The molecule has 1 atom stereocenters. The average Bonchev–Trinajstić information content (AvgIpc) is 3.35. The van der Waals surface area contributed by atoms with Gasteiger partial charge in [-0.1, -0.05) is 47.6 Å². The van der Waals surface area contributed by atoms with Gasteiger partial charge in [-0.15, -0.1) is 0 Å². The van der Waals surface area contributed by atoms with Gasteiger partial charge in [0.2, 0.25) is 0 Å². The number of aromatic nitrogens is 1. The third kappa shape index (κ3) is 3.90. The number of aryl methyl sites for hydroxylation is 1. The van der Waals surface area contributed by atoms with E-state index in [1.807, 2.05) is 0 Å². The van der Waals surface area contributed by atoms with E-state index in [9.17, 15) is 4.79 Å². The van der Waals surface area contributed by atoms with Crippen LogP contribution in [0.4, 0.5) is 0 Å². The second-order valence-corrected chi connectivity index (χ2v) is 8.60. The van der Waals surface area contributed by atoms with Crippen molar-refractivity contribution >= 4 is 5.91 Å². The van der Waals surface area contributed by atoms with Gasteiger partial charge in [0.05, 0.1) is 0 Å². The second-order valence-electron chi connectivity index (χ2n) is 8.60. The van der Waals surface area contributed by atoms with E-state index in [4.69, 9.17) is 4.52 Å². The van der Waals surface area contributed by atoms with Gasteiger partial charge in [-0.25, -0.2) is 0 Å². The number of nitrogens with one attached hydrogen (secondary N) is 1. The lowest BCUT2D eigenvalue weighted by molar-refractivity contribution is 0.0921. The molecule has 0 radical (unpaired) electrons. The molecule has 1 aliphatic carbocycles. The van der Waals surface area contributed by atoms with Gasteiger partial charge >= 0.3 is 0 Å². The first-order valence-corrected chi connectivity index (χ1v) is 10.8. The summed E-state index contributed by atoms with van der Waals surface area (Å²) in [7, 11) is 0. The number of likely N-dealkylation sites (tertiary alicyclic amines) is 1. The Kier molecular flexibility index (Phi) is 5.13. The minimum atomic E-state index is -0.151. The van der Waals surface area contributed by atoms with Crippen molar-refractivity contribution < 1.29 is 9.32 Å². The summed E-state index contributed by atoms with van der Waals surface area (Å²) in [5, 5.41) is 6.82. The summed E-state index contributed by atoms with van der Waals surface area (Å²) in [5.41, 5.74) is 7.38. The molecule has 2 heterocycles. The maximum Gasteiger partial charge on any atom is 0.273 e. The fourth-order valence-corrected chi connectivity index (χ4v) is 4.82. The summed E-state index contributed by atoms with van der Waals surface area (Å²) in [6, 6.07) is 17.3. The average molecular weight is 402 g/mol. The molecule has 5 heteroatoms. The van der Waals surface area contributed by atoms with Gasteiger partial charge in [0.15, 0.2) is 5.69 Å². The molecular weight excluding hydrogens is 374 g/mol. The predicted octanol–water partition coefficient (Wildman–Crippen LogP) is 4.20. The van der Waals surface area contributed by atoms with Crippen molar-refractivity contribution in [3.05, 3.63) is 76.7 Å². The molecule has 5 nitrogen and oxygen atoms in total. The molecule has 154 valence electrons. The van der Waals surface area contributed by atoms with Gasteiger partial charge in [0, 0.05) is 25.7 Å². The van der Waals surface area contributed by atoms with E-state index in [0.717, 1.165) is 32.5 Å². The Balaban J connectivity index is 1.18. The van der Waals surface area contributed by atoms with Gasteiger partial charge in [0.1, 0.15) is 5.76 Å². The zero-order valence-corrected chi connectivity index (χ0v) is 17.4. The number of carbonyl (C=O) groups excluding carboxylic acids is 1. The standard InChI is InChI=1S/C25H27N3O2/c1-17-11-24(27-30-17)25(29)26-14-19-5-4-10-28(16-19)15-18-8-9-23-21(12-18)13-20-6-2-3-7-22(20)23/h2-3,6-9,11-12,19H,4-5,10,13-16H2,1H3,(H,26,29). The smallest absolute Gasteiger partial charge is 0.273 e. The Hall–Kier alpha value is -2.92. The summed E-state index contributed by atoms with van der Waals surface area (Å²) >= 11 is 0. The Bertz CT molecular complexity index is 1070. The van der Waals surface area contributed by atoms with Crippen molar-refractivity contribution in [3.63, 3.8) is 0 Å². The SMILES string of the molecule is Cc1cc(C(=O)NCC2CCCN(Cc3ccc4c(c3)Cc3ccccc3-4)C2)no1. The lowest BCUT2D eigenvalue weighted by atomic mass is 9.97. The fourth-order valence-electron chi connectivity index (χ4n) is 4.82. The van der Waals surface area contributed by atoms with Crippen molar-refractivity contribution in [1.82, 2.24) is 15.4 Å². The number of rotatable bonds is 5. The van der Waals surface area contributed by atoms with Crippen molar-refractivity contribution in [2.45, 2.75) is 32.7 Å². The highest BCUT2D eigenvalue weighted by Crippen LogP contribution is 2.37. The summed E-state index contributed by atoms with van der Waals surface area (Å²) in [4.78, 5) is 14.7. The molecule has 1 unspecified atom stereocenters. The van der Waals surface area contributed by atoms with Crippen molar-refractivity contribution in [3.8, 4) is 11.1 Å². The van der Waals surface area contributed by atoms with E-state index >= 15 is 0 Å². The molecule has 0 saturated carbocycles.